The van der Waals surface area contributed by atoms with Gasteiger partial charge in [-0.3, -0.25) is 14.5 Å². The van der Waals surface area contributed by atoms with E-state index in [2.05, 4.69) is 91.2 Å². The highest BCUT2D eigenvalue weighted by Crippen LogP contribution is 2.32. The highest BCUT2D eigenvalue weighted by molar-refractivity contribution is 5.77. The minimum Gasteiger partial charge on any atom is -0.343 e. The van der Waals surface area contributed by atoms with Gasteiger partial charge in [0, 0.05) is 64.6 Å². The van der Waals surface area contributed by atoms with Gasteiger partial charge in [-0.25, -0.2) is 0 Å². The summed E-state index contributed by atoms with van der Waals surface area (Å²) in [4.78, 5) is 31.9. The molecule has 0 aromatic heterocycles. The van der Waals surface area contributed by atoms with E-state index in [-0.39, 0.29) is 17.4 Å². The van der Waals surface area contributed by atoms with Gasteiger partial charge in [-0.1, -0.05) is 81.4 Å². The van der Waals surface area contributed by atoms with Crippen LogP contribution in [-0.4, -0.2) is 71.8 Å². The third kappa shape index (κ3) is 6.56. The van der Waals surface area contributed by atoms with Crippen molar-refractivity contribution < 1.29 is 9.59 Å². The van der Waals surface area contributed by atoms with E-state index in [9.17, 15) is 9.59 Å². The lowest BCUT2D eigenvalue weighted by Crippen LogP contribution is -2.60. The average Bonchev–Trinajstić information content (AvgIpc) is 2.88. The maximum Gasteiger partial charge on any atom is 0.223 e. The summed E-state index contributed by atoms with van der Waals surface area (Å²) in [5.41, 5.74) is 2.68. The zero-order valence-corrected chi connectivity index (χ0v) is 22.5. The minimum atomic E-state index is 0.00130. The first-order valence-corrected chi connectivity index (χ1v) is 13.6. The van der Waals surface area contributed by atoms with Crippen LogP contribution in [0.25, 0.3) is 0 Å². The molecule has 0 radical (unpaired) electrons. The lowest BCUT2D eigenvalue weighted by molar-refractivity contribution is -0.141. The van der Waals surface area contributed by atoms with Gasteiger partial charge >= 0.3 is 0 Å². The molecule has 2 heterocycles. The van der Waals surface area contributed by atoms with Gasteiger partial charge in [0.25, 0.3) is 0 Å². The van der Waals surface area contributed by atoms with Crippen LogP contribution in [0.15, 0.2) is 60.7 Å². The molecule has 5 heteroatoms. The van der Waals surface area contributed by atoms with Crippen LogP contribution >= 0.6 is 0 Å². The first-order chi connectivity index (χ1) is 17.2. The van der Waals surface area contributed by atoms with Crippen LogP contribution < -0.4 is 0 Å². The van der Waals surface area contributed by atoms with E-state index in [1.54, 1.807) is 6.92 Å². The summed E-state index contributed by atoms with van der Waals surface area (Å²) in [6.07, 6.45) is 2.47. The molecule has 2 aliphatic rings. The fourth-order valence-corrected chi connectivity index (χ4v) is 5.89. The van der Waals surface area contributed by atoms with Gasteiger partial charge in [-0.05, 0) is 35.3 Å². The van der Waals surface area contributed by atoms with Crippen LogP contribution in [0.3, 0.4) is 0 Å². The second kappa shape index (κ2) is 11.6. The van der Waals surface area contributed by atoms with Crippen molar-refractivity contribution in [3.8, 4) is 0 Å². The van der Waals surface area contributed by atoms with Gasteiger partial charge in [0.05, 0.1) is 0 Å². The SMILES string of the molecule is CC(=O)N1CCC(CC(=O)N2CCN(CC(c3ccccc3)c3ccccc3)C[C@@H]2C(C)(C)C)CC1. The number of carbonyl (C=O) groups excluding carboxylic acids is 2. The highest BCUT2D eigenvalue weighted by Gasteiger charge is 2.39. The van der Waals surface area contributed by atoms with Crippen molar-refractivity contribution in [2.24, 2.45) is 11.3 Å². The van der Waals surface area contributed by atoms with Crippen molar-refractivity contribution in [3.63, 3.8) is 0 Å². The molecule has 0 unspecified atom stereocenters. The van der Waals surface area contributed by atoms with E-state index >= 15 is 0 Å². The van der Waals surface area contributed by atoms with E-state index in [4.69, 9.17) is 0 Å². The van der Waals surface area contributed by atoms with Crippen LogP contribution in [0.1, 0.15) is 64.0 Å². The van der Waals surface area contributed by atoms with Crippen molar-refractivity contribution in [1.82, 2.24) is 14.7 Å². The Labute approximate surface area is 217 Å². The molecule has 1 atom stereocenters. The largest absolute Gasteiger partial charge is 0.343 e. The average molecular weight is 490 g/mol. The van der Waals surface area contributed by atoms with E-state index in [0.29, 0.717) is 24.2 Å². The molecule has 0 saturated carbocycles. The Morgan fingerprint density at radius 3 is 1.92 bits per heavy atom. The monoisotopic (exact) mass is 489 g/mol. The standard InChI is InChI=1S/C31H43N3O2/c1-24(35)33-17-15-25(16-18-33)21-30(36)34-20-19-32(23-29(34)31(2,3)4)22-28(26-11-7-5-8-12-26)27-13-9-6-10-14-27/h5-14,25,28-29H,15-23H2,1-4H3/t29-/m1/s1. The summed E-state index contributed by atoms with van der Waals surface area (Å²) < 4.78 is 0. The molecule has 0 spiro atoms. The summed E-state index contributed by atoms with van der Waals surface area (Å²) in [6.45, 7) is 13.5. The molecule has 0 aliphatic carbocycles. The summed E-state index contributed by atoms with van der Waals surface area (Å²) in [5.74, 6) is 1.13. The molecule has 2 aromatic carbocycles. The summed E-state index contributed by atoms with van der Waals surface area (Å²) >= 11 is 0. The molecule has 4 rings (SSSR count). The van der Waals surface area contributed by atoms with Crippen molar-refractivity contribution in [2.75, 3.05) is 39.3 Å². The summed E-state index contributed by atoms with van der Waals surface area (Å²) in [6, 6.07) is 21.8. The Morgan fingerprint density at radius 1 is 0.861 bits per heavy atom. The number of benzene rings is 2. The highest BCUT2D eigenvalue weighted by atomic mass is 16.2. The normalized spacial score (nSPS) is 20.1. The van der Waals surface area contributed by atoms with Crippen LogP contribution in [0.4, 0.5) is 0 Å². The van der Waals surface area contributed by atoms with Crippen molar-refractivity contribution in [3.05, 3.63) is 71.8 Å². The predicted molar refractivity (Wildman–Crippen MR) is 146 cm³/mol. The molecular formula is C31H43N3O2. The quantitative estimate of drug-likeness (QED) is 0.572. The van der Waals surface area contributed by atoms with Crippen LogP contribution in [0.5, 0.6) is 0 Å². The van der Waals surface area contributed by atoms with E-state index in [1.165, 1.54) is 11.1 Å². The lowest BCUT2D eigenvalue weighted by Gasteiger charge is -2.48. The second-order valence-electron chi connectivity index (χ2n) is 11.8. The van der Waals surface area contributed by atoms with Crippen LogP contribution in [-0.2, 0) is 9.59 Å². The number of piperazine rings is 1. The molecule has 2 aromatic rings. The minimum absolute atomic E-state index is 0.00130. The maximum atomic E-state index is 13.5. The third-order valence-electron chi connectivity index (χ3n) is 8.15. The smallest absolute Gasteiger partial charge is 0.223 e. The summed E-state index contributed by atoms with van der Waals surface area (Å²) in [5, 5.41) is 0. The summed E-state index contributed by atoms with van der Waals surface area (Å²) in [7, 11) is 0. The van der Waals surface area contributed by atoms with Crippen molar-refractivity contribution in [2.45, 2.75) is 58.9 Å². The zero-order valence-electron chi connectivity index (χ0n) is 22.5. The molecule has 0 N–H and O–H groups in total. The zero-order chi connectivity index (χ0) is 25.7. The fraction of sp³-hybridized carbons (Fsp3) is 0.548. The number of piperidine rings is 1. The molecule has 194 valence electrons. The Morgan fingerprint density at radius 2 is 1.42 bits per heavy atom. The third-order valence-corrected chi connectivity index (χ3v) is 8.15. The number of hydrogen-bond donors (Lipinski definition) is 0. The van der Waals surface area contributed by atoms with E-state index in [0.717, 1.165) is 52.1 Å². The molecular weight excluding hydrogens is 446 g/mol. The van der Waals surface area contributed by atoms with Gasteiger partial charge in [-0.2, -0.15) is 0 Å². The van der Waals surface area contributed by atoms with Gasteiger partial charge in [0.1, 0.15) is 0 Å². The van der Waals surface area contributed by atoms with E-state index in [1.807, 2.05) is 4.90 Å². The predicted octanol–water partition coefficient (Wildman–Crippen LogP) is 5.03. The topological polar surface area (TPSA) is 43.9 Å². The van der Waals surface area contributed by atoms with Gasteiger partial charge in [0.2, 0.25) is 11.8 Å². The number of rotatable bonds is 6. The van der Waals surface area contributed by atoms with Crippen molar-refractivity contribution >= 4 is 11.8 Å². The Kier molecular flexibility index (Phi) is 8.50. The number of carbonyl (C=O) groups is 2. The molecule has 0 bridgehead atoms. The van der Waals surface area contributed by atoms with Gasteiger partial charge < -0.3 is 9.80 Å². The van der Waals surface area contributed by atoms with E-state index < -0.39 is 0 Å². The van der Waals surface area contributed by atoms with Gasteiger partial charge in [-0.15, -0.1) is 0 Å². The van der Waals surface area contributed by atoms with Crippen LogP contribution in [0.2, 0.25) is 0 Å². The fourth-order valence-electron chi connectivity index (χ4n) is 5.89. The molecule has 2 fully saturated rings. The number of amides is 2. The Hall–Kier alpha value is -2.66. The molecule has 36 heavy (non-hydrogen) atoms. The number of hydrogen-bond acceptors (Lipinski definition) is 3. The molecule has 2 saturated heterocycles. The Bertz CT molecular complexity index is 954. The van der Waals surface area contributed by atoms with Crippen LogP contribution in [0, 0.1) is 11.3 Å². The first-order valence-electron chi connectivity index (χ1n) is 13.6. The number of likely N-dealkylation sites (tertiary alicyclic amines) is 1. The second-order valence-corrected chi connectivity index (χ2v) is 11.8. The van der Waals surface area contributed by atoms with Gasteiger partial charge in [0.15, 0.2) is 0 Å². The molecule has 2 amide bonds. The maximum absolute atomic E-state index is 13.5. The van der Waals surface area contributed by atoms with Crippen molar-refractivity contribution in [1.29, 1.82) is 0 Å². The lowest BCUT2D eigenvalue weighted by atomic mass is 9.82. The number of nitrogens with zero attached hydrogens (tertiary/aromatic N) is 3. The molecule has 2 aliphatic heterocycles. The Balaban J connectivity index is 1.44. The first kappa shape index (κ1) is 26.4. The molecule has 5 nitrogen and oxygen atoms in total.